The summed E-state index contributed by atoms with van der Waals surface area (Å²) in [4.78, 5) is -0.126. The molecule has 0 bridgehead atoms. The number of hydrogen-bond donors (Lipinski definition) is 2. The van der Waals surface area contributed by atoms with Crippen LogP contribution in [0.3, 0.4) is 0 Å². The lowest BCUT2D eigenvalue weighted by molar-refractivity contribution is 0.459. The third-order valence-corrected chi connectivity index (χ3v) is 4.47. The predicted octanol–water partition coefficient (Wildman–Crippen LogP) is 3.12. The molecular formula is C15H17NO3S. The summed E-state index contributed by atoms with van der Waals surface area (Å²) < 4.78 is 27.2. The number of benzene rings is 2. The summed E-state index contributed by atoms with van der Waals surface area (Å²) in [6.45, 7) is 5.66. The van der Waals surface area contributed by atoms with Crippen molar-refractivity contribution in [1.82, 2.24) is 0 Å². The molecule has 0 fully saturated rings. The molecular weight excluding hydrogens is 274 g/mol. The van der Waals surface area contributed by atoms with E-state index in [-0.39, 0.29) is 10.6 Å². The first kappa shape index (κ1) is 14.4. The quantitative estimate of drug-likeness (QED) is 0.913. The normalized spacial score (nSPS) is 11.3. The first-order valence-electron chi connectivity index (χ1n) is 6.20. The van der Waals surface area contributed by atoms with Crippen LogP contribution in [0, 0.1) is 20.8 Å². The van der Waals surface area contributed by atoms with Crippen LogP contribution in [0.2, 0.25) is 0 Å². The van der Waals surface area contributed by atoms with Crippen molar-refractivity contribution in [3.05, 3.63) is 53.1 Å². The molecule has 0 spiro atoms. The van der Waals surface area contributed by atoms with Crippen molar-refractivity contribution in [2.75, 3.05) is 4.72 Å². The molecule has 0 aromatic heterocycles. The van der Waals surface area contributed by atoms with Crippen molar-refractivity contribution in [3.63, 3.8) is 0 Å². The summed E-state index contributed by atoms with van der Waals surface area (Å²) in [7, 11) is -3.80. The molecule has 5 heteroatoms. The first-order valence-corrected chi connectivity index (χ1v) is 7.68. The van der Waals surface area contributed by atoms with Gasteiger partial charge < -0.3 is 5.11 Å². The maximum atomic E-state index is 12.3. The van der Waals surface area contributed by atoms with Crippen molar-refractivity contribution < 1.29 is 13.5 Å². The molecule has 0 atom stereocenters. The summed E-state index contributed by atoms with van der Waals surface area (Å²) in [5, 5.41) is 9.69. The SMILES string of the molecule is Cc1cc(C)c(NS(=O)(=O)c2ccccc2O)c(C)c1. The van der Waals surface area contributed by atoms with Crippen LogP contribution >= 0.6 is 0 Å². The fraction of sp³-hybridized carbons (Fsp3) is 0.200. The van der Waals surface area contributed by atoms with Crippen LogP contribution in [-0.2, 0) is 10.0 Å². The van der Waals surface area contributed by atoms with Crippen LogP contribution in [0.4, 0.5) is 5.69 Å². The van der Waals surface area contributed by atoms with Gasteiger partial charge in [0, 0.05) is 0 Å². The molecule has 0 amide bonds. The van der Waals surface area contributed by atoms with E-state index in [1.165, 1.54) is 12.1 Å². The average molecular weight is 291 g/mol. The van der Waals surface area contributed by atoms with Gasteiger partial charge >= 0.3 is 0 Å². The highest BCUT2D eigenvalue weighted by Crippen LogP contribution is 2.28. The fourth-order valence-electron chi connectivity index (χ4n) is 2.21. The zero-order valence-corrected chi connectivity index (χ0v) is 12.5. The number of para-hydroxylation sites is 1. The molecule has 2 aromatic rings. The molecule has 2 N–H and O–H groups in total. The Bertz CT molecular complexity index is 728. The lowest BCUT2D eigenvalue weighted by atomic mass is 10.1. The topological polar surface area (TPSA) is 66.4 Å². The van der Waals surface area contributed by atoms with Gasteiger partial charge in [0.25, 0.3) is 10.0 Å². The molecule has 0 aliphatic rings. The number of aromatic hydroxyl groups is 1. The highest BCUT2D eigenvalue weighted by Gasteiger charge is 2.19. The molecule has 2 rings (SSSR count). The molecule has 0 radical (unpaired) electrons. The molecule has 0 saturated heterocycles. The molecule has 4 nitrogen and oxygen atoms in total. The Morgan fingerprint density at radius 3 is 2.10 bits per heavy atom. The van der Waals surface area contributed by atoms with Gasteiger partial charge in [0.05, 0.1) is 5.69 Å². The third kappa shape index (κ3) is 2.77. The summed E-state index contributed by atoms with van der Waals surface area (Å²) in [6.07, 6.45) is 0. The lowest BCUT2D eigenvalue weighted by Crippen LogP contribution is -2.15. The minimum Gasteiger partial charge on any atom is -0.507 e. The zero-order valence-electron chi connectivity index (χ0n) is 11.6. The van der Waals surface area contributed by atoms with Crippen molar-refractivity contribution in [3.8, 4) is 5.75 Å². The molecule has 0 heterocycles. The van der Waals surface area contributed by atoms with Crippen LogP contribution in [0.25, 0.3) is 0 Å². The number of sulfonamides is 1. The number of aryl methyl sites for hydroxylation is 3. The summed E-state index contributed by atoms with van der Waals surface area (Å²) in [6, 6.07) is 9.70. The minimum absolute atomic E-state index is 0.126. The van der Waals surface area contributed by atoms with Gasteiger partial charge in [0.15, 0.2) is 0 Å². The van der Waals surface area contributed by atoms with E-state index < -0.39 is 10.0 Å². The van der Waals surface area contributed by atoms with Gasteiger partial charge in [0.2, 0.25) is 0 Å². The standard InChI is InChI=1S/C15H17NO3S/c1-10-8-11(2)15(12(3)9-10)16-20(18,19)14-7-5-4-6-13(14)17/h4-9,16-17H,1-3H3. The van der Waals surface area contributed by atoms with Crippen molar-refractivity contribution in [2.45, 2.75) is 25.7 Å². The maximum Gasteiger partial charge on any atom is 0.265 e. The average Bonchev–Trinajstić information content (AvgIpc) is 2.34. The van der Waals surface area contributed by atoms with Crippen molar-refractivity contribution >= 4 is 15.7 Å². The Balaban J connectivity index is 2.47. The number of phenolic OH excluding ortho intramolecular Hbond substituents is 1. The fourth-order valence-corrected chi connectivity index (χ4v) is 3.52. The van der Waals surface area contributed by atoms with Crippen LogP contribution in [0.1, 0.15) is 16.7 Å². The van der Waals surface area contributed by atoms with E-state index in [2.05, 4.69) is 4.72 Å². The Labute approximate surface area is 119 Å². The monoisotopic (exact) mass is 291 g/mol. The number of anilines is 1. The highest BCUT2D eigenvalue weighted by atomic mass is 32.2. The summed E-state index contributed by atoms with van der Waals surface area (Å²) >= 11 is 0. The molecule has 0 saturated carbocycles. The predicted molar refractivity (Wildman–Crippen MR) is 79.6 cm³/mol. The molecule has 0 aliphatic heterocycles. The summed E-state index contributed by atoms with van der Waals surface area (Å²) in [5.41, 5.74) is 3.33. The smallest absolute Gasteiger partial charge is 0.265 e. The minimum atomic E-state index is -3.80. The van der Waals surface area contributed by atoms with Crippen LogP contribution in [0.5, 0.6) is 5.75 Å². The van der Waals surface area contributed by atoms with E-state index in [4.69, 9.17) is 0 Å². The molecule has 0 aliphatic carbocycles. The van der Waals surface area contributed by atoms with Gasteiger partial charge in [-0.2, -0.15) is 0 Å². The van der Waals surface area contributed by atoms with Gasteiger partial charge in [-0.25, -0.2) is 8.42 Å². The molecule has 0 unspecified atom stereocenters. The highest BCUT2D eigenvalue weighted by molar-refractivity contribution is 7.92. The largest absolute Gasteiger partial charge is 0.507 e. The second-order valence-electron chi connectivity index (χ2n) is 4.85. The third-order valence-electron chi connectivity index (χ3n) is 3.07. The number of phenols is 1. The Hall–Kier alpha value is -2.01. The van der Waals surface area contributed by atoms with Crippen molar-refractivity contribution in [2.24, 2.45) is 0 Å². The van der Waals surface area contributed by atoms with Crippen LogP contribution in [0.15, 0.2) is 41.3 Å². The van der Waals surface area contributed by atoms with Gasteiger partial charge in [-0.3, -0.25) is 4.72 Å². The second kappa shape index (κ2) is 5.17. The Morgan fingerprint density at radius 2 is 1.55 bits per heavy atom. The number of rotatable bonds is 3. The van der Waals surface area contributed by atoms with Gasteiger partial charge in [-0.05, 0) is 44.0 Å². The van der Waals surface area contributed by atoms with E-state index in [1.807, 2.05) is 32.9 Å². The van der Waals surface area contributed by atoms with E-state index in [0.29, 0.717) is 5.69 Å². The molecule has 106 valence electrons. The Kier molecular flexibility index (Phi) is 3.72. The molecule has 20 heavy (non-hydrogen) atoms. The lowest BCUT2D eigenvalue weighted by Gasteiger charge is -2.14. The van der Waals surface area contributed by atoms with E-state index in [1.54, 1.807) is 12.1 Å². The van der Waals surface area contributed by atoms with Gasteiger partial charge in [-0.1, -0.05) is 29.8 Å². The van der Waals surface area contributed by atoms with Crippen molar-refractivity contribution in [1.29, 1.82) is 0 Å². The molecule has 2 aromatic carbocycles. The van der Waals surface area contributed by atoms with E-state index in [0.717, 1.165) is 16.7 Å². The summed E-state index contributed by atoms with van der Waals surface area (Å²) in [5.74, 6) is -0.262. The maximum absolute atomic E-state index is 12.3. The van der Waals surface area contributed by atoms with Crippen LogP contribution < -0.4 is 4.72 Å². The number of hydrogen-bond acceptors (Lipinski definition) is 3. The van der Waals surface area contributed by atoms with E-state index >= 15 is 0 Å². The zero-order chi connectivity index (χ0) is 14.9. The van der Waals surface area contributed by atoms with Gasteiger partial charge in [-0.15, -0.1) is 0 Å². The van der Waals surface area contributed by atoms with Crippen LogP contribution in [-0.4, -0.2) is 13.5 Å². The first-order chi connectivity index (χ1) is 9.31. The Morgan fingerprint density at radius 1 is 1.00 bits per heavy atom. The number of nitrogens with one attached hydrogen (secondary N) is 1. The van der Waals surface area contributed by atoms with Gasteiger partial charge in [0.1, 0.15) is 10.6 Å². The van der Waals surface area contributed by atoms with E-state index in [9.17, 15) is 13.5 Å². The second-order valence-corrected chi connectivity index (χ2v) is 6.50.